The summed E-state index contributed by atoms with van der Waals surface area (Å²) in [4.78, 5) is 0.0934. The van der Waals surface area contributed by atoms with Gasteiger partial charge in [-0.15, -0.1) is 0 Å². The molecule has 0 atom stereocenters. The first-order valence-electron chi connectivity index (χ1n) is 4.56. The van der Waals surface area contributed by atoms with Gasteiger partial charge in [0.1, 0.15) is 0 Å². The number of hydrogen-bond acceptors (Lipinski definition) is 4. The highest BCUT2D eigenvalue weighted by Crippen LogP contribution is 2.20. The Morgan fingerprint density at radius 3 is 2.47 bits per heavy atom. The largest absolute Gasteiger partial charge is 0.394 e. The van der Waals surface area contributed by atoms with E-state index in [0.29, 0.717) is 5.02 Å². The molecule has 17 heavy (non-hydrogen) atoms. The fourth-order valence-electron chi connectivity index (χ4n) is 1.18. The van der Waals surface area contributed by atoms with Crippen LogP contribution in [-0.2, 0) is 10.0 Å². The van der Waals surface area contributed by atoms with Crippen molar-refractivity contribution in [3.63, 3.8) is 0 Å². The number of nitrogens with one attached hydrogen (secondary N) is 2. The number of aromatic amines is 1. The summed E-state index contributed by atoms with van der Waals surface area (Å²) in [6.07, 6.45) is 1.32. The van der Waals surface area contributed by atoms with Crippen molar-refractivity contribution < 1.29 is 8.42 Å². The molecule has 8 heteroatoms. The first kappa shape index (κ1) is 11.7. The molecular weight excluding hydrogens is 264 g/mol. The summed E-state index contributed by atoms with van der Waals surface area (Å²) < 4.78 is 26.1. The number of H-pyrrole nitrogens is 1. The maximum Gasteiger partial charge on any atom is 0.263 e. The number of anilines is 2. The molecule has 0 aliphatic rings. The molecule has 0 fully saturated rings. The van der Waals surface area contributed by atoms with E-state index < -0.39 is 10.0 Å². The molecule has 0 saturated carbocycles. The van der Waals surface area contributed by atoms with Gasteiger partial charge in [0.25, 0.3) is 10.0 Å². The van der Waals surface area contributed by atoms with Gasteiger partial charge in [-0.05, 0) is 24.3 Å². The van der Waals surface area contributed by atoms with Crippen LogP contribution in [0.4, 0.5) is 11.5 Å². The van der Waals surface area contributed by atoms with Crippen LogP contribution in [0.3, 0.4) is 0 Å². The predicted octanol–water partition coefficient (Wildman–Crippen LogP) is 1.45. The number of nitrogen functional groups attached to an aromatic ring is 1. The molecule has 4 N–H and O–H groups in total. The molecule has 1 aromatic carbocycles. The normalized spacial score (nSPS) is 11.4. The molecule has 1 heterocycles. The van der Waals surface area contributed by atoms with Crippen LogP contribution in [0.1, 0.15) is 0 Å². The molecule has 90 valence electrons. The van der Waals surface area contributed by atoms with Gasteiger partial charge in [-0.1, -0.05) is 11.6 Å². The Morgan fingerprint density at radius 2 is 1.94 bits per heavy atom. The number of rotatable bonds is 3. The van der Waals surface area contributed by atoms with Crippen LogP contribution in [0, 0.1) is 0 Å². The van der Waals surface area contributed by atoms with Crippen LogP contribution in [0.2, 0.25) is 5.02 Å². The summed E-state index contributed by atoms with van der Waals surface area (Å²) in [7, 11) is -3.68. The lowest BCUT2D eigenvalue weighted by Gasteiger charge is -2.06. The van der Waals surface area contributed by atoms with Gasteiger partial charge in [0.2, 0.25) is 0 Å². The van der Waals surface area contributed by atoms with Crippen molar-refractivity contribution in [2.24, 2.45) is 0 Å². The molecule has 0 radical (unpaired) electrons. The predicted molar refractivity (Wildman–Crippen MR) is 65.3 cm³/mol. The number of aromatic nitrogens is 2. The minimum Gasteiger partial charge on any atom is -0.394 e. The topological polar surface area (TPSA) is 101 Å². The minimum atomic E-state index is -3.68. The maximum atomic E-state index is 11.9. The fraction of sp³-hybridized carbons (Fsp3) is 0. The zero-order chi connectivity index (χ0) is 12.5. The van der Waals surface area contributed by atoms with Gasteiger partial charge in [0.15, 0.2) is 5.82 Å². The van der Waals surface area contributed by atoms with Crippen LogP contribution in [0.25, 0.3) is 0 Å². The number of halogens is 1. The van der Waals surface area contributed by atoms with Crippen LogP contribution < -0.4 is 10.5 Å². The molecule has 0 amide bonds. The van der Waals surface area contributed by atoms with E-state index in [-0.39, 0.29) is 16.4 Å². The first-order valence-corrected chi connectivity index (χ1v) is 6.42. The Labute approximate surface area is 103 Å². The van der Waals surface area contributed by atoms with Crippen molar-refractivity contribution in [1.29, 1.82) is 0 Å². The van der Waals surface area contributed by atoms with E-state index in [0.717, 1.165) is 0 Å². The van der Waals surface area contributed by atoms with Crippen molar-refractivity contribution >= 4 is 33.1 Å². The second-order valence-electron chi connectivity index (χ2n) is 3.26. The summed E-state index contributed by atoms with van der Waals surface area (Å²) in [6, 6.07) is 5.79. The third-order valence-corrected chi connectivity index (χ3v) is 3.65. The molecular formula is C9H9ClN4O2S. The van der Waals surface area contributed by atoms with Crippen LogP contribution >= 0.6 is 11.6 Å². The van der Waals surface area contributed by atoms with E-state index in [1.807, 2.05) is 0 Å². The van der Waals surface area contributed by atoms with Gasteiger partial charge in [-0.3, -0.25) is 9.82 Å². The van der Waals surface area contributed by atoms with Gasteiger partial charge in [0.05, 0.1) is 16.8 Å². The molecule has 0 bridgehead atoms. The molecule has 6 nitrogen and oxygen atoms in total. The monoisotopic (exact) mass is 272 g/mol. The lowest BCUT2D eigenvalue weighted by atomic mass is 10.4. The van der Waals surface area contributed by atoms with Crippen LogP contribution in [-0.4, -0.2) is 18.6 Å². The highest BCUT2D eigenvalue weighted by Gasteiger charge is 2.16. The smallest absolute Gasteiger partial charge is 0.263 e. The minimum absolute atomic E-state index is 0.0934. The van der Waals surface area contributed by atoms with E-state index >= 15 is 0 Å². The van der Waals surface area contributed by atoms with E-state index in [2.05, 4.69) is 14.9 Å². The molecule has 0 aliphatic heterocycles. The Kier molecular flexibility index (Phi) is 2.95. The molecule has 0 unspecified atom stereocenters. The molecule has 2 aromatic rings. The zero-order valence-corrected chi connectivity index (χ0v) is 10.1. The zero-order valence-electron chi connectivity index (χ0n) is 8.51. The number of nitrogens with zero attached hydrogens (tertiary/aromatic N) is 1. The second kappa shape index (κ2) is 4.27. The number of sulfonamides is 1. The number of hydrogen-bond donors (Lipinski definition) is 3. The molecule has 1 aromatic heterocycles. The number of nitrogens with two attached hydrogens (primary N) is 1. The lowest BCUT2D eigenvalue weighted by molar-refractivity contribution is 0.601. The average Bonchev–Trinajstić information content (AvgIpc) is 2.64. The highest BCUT2D eigenvalue weighted by molar-refractivity contribution is 7.92. The Bertz CT molecular complexity index is 621. The maximum absolute atomic E-state index is 11.9. The van der Waals surface area contributed by atoms with Crippen molar-refractivity contribution in [3.8, 4) is 0 Å². The van der Waals surface area contributed by atoms with E-state index in [1.54, 1.807) is 0 Å². The Morgan fingerprint density at radius 1 is 1.29 bits per heavy atom. The average molecular weight is 273 g/mol. The fourth-order valence-corrected chi connectivity index (χ4v) is 2.35. The molecule has 0 aliphatic carbocycles. The quantitative estimate of drug-likeness (QED) is 0.787. The van der Waals surface area contributed by atoms with Gasteiger partial charge in [0, 0.05) is 5.02 Å². The van der Waals surface area contributed by atoms with E-state index in [4.69, 9.17) is 17.3 Å². The van der Waals surface area contributed by atoms with Gasteiger partial charge in [-0.25, -0.2) is 8.42 Å². The van der Waals surface area contributed by atoms with Gasteiger partial charge < -0.3 is 5.73 Å². The van der Waals surface area contributed by atoms with Crippen molar-refractivity contribution in [1.82, 2.24) is 10.2 Å². The van der Waals surface area contributed by atoms with Crippen molar-refractivity contribution in [3.05, 3.63) is 35.5 Å². The summed E-state index contributed by atoms with van der Waals surface area (Å²) in [5, 5.41) is 6.53. The highest BCUT2D eigenvalue weighted by atomic mass is 35.5. The van der Waals surface area contributed by atoms with E-state index in [1.165, 1.54) is 30.5 Å². The molecule has 0 spiro atoms. The standard InChI is InChI=1S/C9H9ClN4O2S/c10-6-1-3-7(4-2-6)17(15,16)14-9-8(11)5-12-13-9/h1-5H,11H2,(H2,12,13,14). The van der Waals surface area contributed by atoms with Crippen LogP contribution in [0.15, 0.2) is 35.4 Å². The summed E-state index contributed by atoms with van der Waals surface area (Å²) in [5.41, 5.74) is 5.73. The SMILES string of the molecule is Nc1cn[nH]c1NS(=O)(=O)c1ccc(Cl)cc1. The Balaban J connectivity index is 2.31. The third-order valence-electron chi connectivity index (χ3n) is 2.03. The second-order valence-corrected chi connectivity index (χ2v) is 5.38. The number of benzene rings is 1. The third kappa shape index (κ3) is 2.51. The van der Waals surface area contributed by atoms with Crippen LogP contribution in [0.5, 0.6) is 0 Å². The van der Waals surface area contributed by atoms with Gasteiger partial charge >= 0.3 is 0 Å². The van der Waals surface area contributed by atoms with Gasteiger partial charge in [-0.2, -0.15) is 5.10 Å². The van der Waals surface area contributed by atoms with E-state index in [9.17, 15) is 8.42 Å². The van der Waals surface area contributed by atoms with Crippen molar-refractivity contribution in [2.75, 3.05) is 10.5 Å². The Hall–Kier alpha value is -1.73. The molecule has 2 rings (SSSR count). The summed E-state index contributed by atoms with van der Waals surface area (Å²) in [5.74, 6) is 0.139. The first-order chi connectivity index (χ1) is 7.99. The van der Waals surface area contributed by atoms with Crippen molar-refractivity contribution in [2.45, 2.75) is 4.90 Å². The molecule has 0 saturated heterocycles. The lowest BCUT2D eigenvalue weighted by Crippen LogP contribution is -2.14. The summed E-state index contributed by atoms with van der Waals surface area (Å²) >= 11 is 5.68. The summed E-state index contributed by atoms with van der Waals surface area (Å²) in [6.45, 7) is 0.